The third kappa shape index (κ3) is 3.07. The maximum absolute atomic E-state index is 12.3. The number of ether oxygens (including phenoxy) is 2. The van der Waals surface area contributed by atoms with Crippen LogP contribution < -0.4 is 4.74 Å². The maximum atomic E-state index is 12.3. The Kier molecular flexibility index (Phi) is 4.92. The minimum absolute atomic E-state index is 0.264. The molecule has 116 valence electrons. The van der Waals surface area contributed by atoms with Crippen molar-refractivity contribution in [2.45, 2.75) is 30.5 Å². The highest BCUT2D eigenvalue weighted by molar-refractivity contribution is 6.00. The van der Waals surface area contributed by atoms with Gasteiger partial charge in [0.05, 0.1) is 13.7 Å². The molecule has 1 fully saturated rings. The normalized spacial score (nSPS) is 32.7. The fraction of sp³-hybridized carbons (Fsp3) is 0.500. The Bertz CT molecular complexity index is 485. The predicted molar refractivity (Wildman–Crippen MR) is 71.1 cm³/mol. The van der Waals surface area contributed by atoms with E-state index in [2.05, 4.69) is 0 Å². The standard InChI is InChI=1S/C14H18O7/c1-20-8-4-2-7(3-5-8)10(16)14-13(19)12(18)11(17)9(6-15)21-14/h2-5,9,11-15,17-19H,6H2,1H3/t9?,11-,12?,13?,14-/m0/s1. The summed E-state index contributed by atoms with van der Waals surface area (Å²) in [5, 5.41) is 38.3. The maximum Gasteiger partial charge on any atom is 0.194 e. The molecule has 0 aromatic heterocycles. The van der Waals surface area contributed by atoms with E-state index in [1.807, 2.05) is 0 Å². The van der Waals surface area contributed by atoms with Crippen molar-refractivity contribution < 1.29 is 34.7 Å². The minimum Gasteiger partial charge on any atom is -0.497 e. The summed E-state index contributed by atoms with van der Waals surface area (Å²) in [5.74, 6) is 0.0231. The summed E-state index contributed by atoms with van der Waals surface area (Å²) < 4.78 is 10.2. The van der Waals surface area contributed by atoms with Crippen LogP contribution in [0.5, 0.6) is 5.75 Å². The van der Waals surface area contributed by atoms with Gasteiger partial charge in [0.2, 0.25) is 0 Å². The van der Waals surface area contributed by atoms with Crippen LogP contribution in [0.15, 0.2) is 24.3 Å². The first-order valence-electron chi connectivity index (χ1n) is 6.48. The molecule has 4 N–H and O–H groups in total. The van der Waals surface area contributed by atoms with E-state index in [-0.39, 0.29) is 5.56 Å². The van der Waals surface area contributed by atoms with Gasteiger partial charge in [0.15, 0.2) is 5.78 Å². The molecule has 1 aliphatic heterocycles. The second-order valence-corrected chi connectivity index (χ2v) is 4.84. The topological polar surface area (TPSA) is 116 Å². The molecule has 0 aliphatic carbocycles. The van der Waals surface area contributed by atoms with Gasteiger partial charge < -0.3 is 29.9 Å². The first-order valence-corrected chi connectivity index (χ1v) is 6.48. The third-order valence-electron chi connectivity index (χ3n) is 3.53. The molecule has 0 amide bonds. The fourth-order valence-corrected chi connectivity index (χ4v) is 2.24. The highest BCUT2D eigenvalue weighted by Crippen LogP contribution is 2.24. The lowest BCUT2D eigenvalue weighted by molar-refractivity contribution is -0.215. The molecule has 1 aromatic carbocycles. The van der Waals surface area contributed by atoms with Gasteiger partial charge in [-0.15, -0.1) is 0 Å². The third-order valence-corrected chi connectivity index (χ3v) is 3.53. The molecule has 1 aromatic rings. The molecule has 0 spiro atoms. The molecule has 21 heavy (non-hydrogen) atoms. The Hall–Kier alpha value is -1.51. The van der Waals surface area contributed by atoms with E-state index in [9.17, 15) is 20.1 Å². The van der Waals surface area contributed by atoms with Crippen molar-refractivity contribution in [3.8, 4) is 5.75 Å². The van der Waals surface area contributed by atoms with Crippen molar-refractivity contribution in [2.24, 2.45) is 0 Å². The van der Waals surface area contributed by atoms with E-state index in [1.165, 1.54) is 19.2 Å². The number of methoxy groups -OCH3 is 1. The van der Waals surface area contributed by atoms with Crippen LogP contribution in [0.4, 0.5) is 0 Å². The predicted octanol–water partition coefficient (Wildman–Crippen LogP) is -1.28. The number of ketones is 1. The van der Waals surface area contributed by atoms with Gasteiger partial charge in [-0.25, -0.2) is 0 Å². The first kappa shape index (κ1) is 15.9. The second kappa shape index (κ2) is 6.50. The Balaban J connectivity index is 2.20. The Morgan fingerprint density at radius 3 is 2.29 bits per heavy atom. The first-order chi connectivity index (χ1) is 9.99. The Morgan fingerprint density at radius 1 is 1.14 bits per heavy atom. The smallest absolute Gasteiger partial charge is 0.194 e. The van der Waals surface area contributed by atoms with Gasteiger partial charge in [0.25, 0.3) is 0 Å². The zero-order valence-electron chi connectivity index (χ0n) is 11.4. The van der Waals surface area contributed by atoms with Crippen LogP contribution in [-0.2, 0) is 4.74 Å². The van der Waals surface area contributed by atoms with Crippen LogP contribution in [-0.4, -0.2) is 70.4 Å². The van der Waals surface area contributed by atoms with E-state index in [4.69, 9.17) is 14.6 Å². The summed E-state index contributed by atoms with van der Waals surface area (Å²) in [6.45, 7) is -0.572. The molecule has 2 rings (SSSR count). The molecular formula is C14H18O7. The molecule has 1 saturated heterocycles. The average molecular weight is 298 g/mol. The number of carbonyl (C=O) groups is 1. The summed E-state index contributed by atoms with van der Waals surface area (Å²) in [6.07, 6.45) is -7.07. The van der Waals surface area contributed by atoms with Gasteiger partial charge in [-0.2, -0.15) is 0 Å². The summed E-state index contributed by atoms with van der Waals surface area (Å²) in [4.78, 5) is 12.3. The molecule has 7 nitrogen and oxygen atoms in total. The molecule has 0 radical (unpaired) electrons. The van der Waals surface area contributed by atoms with Gasteiger partial charge in [0, 0.05) is 5.56 Å². The molecule has 0 bridgehead atoms. The number of benzene rings is 1. The van der Waals surface area contributed by atoms with Gasteiger partial charge in [-0.3, -0.25) is 4.79 Å². The van der Waals surface area contributed by atoms with Crippen LogP contribution >= 0.6 is 0 Å². The van der Waals surface area contributed by atoms with Crippen molar-refractivity contribution in [3.63, 3.8) is 0 Å². The van der Waals surface area contributed by atoms with Crippen LogP contribution in [0, 0.1) is 0 Å². The quantitative estimate of drug-likeness (QED) is 0.512. The average Bonchev–Trinajstić information content (AvgIpc) is 2.52. The van der Waals surface area contributed by atoms with Crippen molar-refractivity contribution >= 4 is 5.78 Å². The highest BCUT2D eigenvalue weighted by atomic mass is 16.5. The zero-order valence-corrected chi connectivity index (χ0v) is 11.4. The van der Waals surface area contributed by atoms with Gasteiger partial charge in [-0.1, -0.05) is 0 Å². The Morgan fingerprint density at radius 2 is 1.76 bits per heavy atom. The van der Waals surface area contributed by atoms with E-state index >= 15 is 0 Å². The molecule has 7 heteroatoms. The van der Waals surface area contributed by atoms with Gasteiger partial charge in [0.1, 0.15) is 36.3 Å². The number of hydrogen-bond acceptors (Lipinski definition) is 7. The van der Waals surface area contributed by atoms with Gasteiger partial charge in [-0.05, 0) is 24.3 Å². The van der Waals surface area contributed by atoms with Gasteiger partial charge >= 0.3 is 0 Å². The van der Waals surface area contributed by atoms with Crippen LogP contribution in [0.2, 0.25) is 0 Å². The minimum atomic E-state index is -1.57. The van der Waals surface area contributed by atoms with Crippen LogP contribution in [0.1, 0.15) is 10.4 Å². The SMILES string of the molecule is COc1ccc(C(=O)[C@@H]2OC(CO)[C@H](O)C(O)C2O)cc1. The molecule has 1 heterocycles. The lowest BCUT2D eigenvalue weighted by atomic mass is 9.91. The molecule has 1 aliphatic rings. The summed E-state index contributed by atoms with van der Waals surface area (Å²) in [6, 6.07) is 6.17. The van der Waals surface area contributed by atoms with E-state index in [0.29, 0.717) is 5.75 Å². The van der Waals surface area contributed by atoms with Crippen LogP contribution in [0.25, 0.3) is 0 Å². The molecular weight excluding hydrogens is 280 g/mol. The number of aliphatic hydroxyl groups is 4. The number of aliphatic hydroxyl groups excluding tert-OH is 4. The monoisotopic (exact) mass is 298 g/mol. The van der Waals surface area contributed by atoms with E-state index in [1.54, 1.807) is 12.1 Å². The summed E-state index contributed by atoms with van der Waals surface area (Å²) >= 11 is 0. The van der Waals surface area contributed by atoms with Crippen molar-refractivity contribution in [1.29, 1.82) is 0 Å². The highest BCUT2D eigenvalue weighted by Gasteiger charge is 2.46. The van der Waals surface area contributed by atoms with E-state index in [0.717, 1.165) is 0 Å². The van der Waals surface area contributed by atoms with Crippen LogP contribution in [0.3, 0.4) is 0 Å². The second-order valence-electron chi connectivity index (χ2n) is 4.84. The lowest BCUT2D eigenvalue weighted by Gasteiger charge is -2.39. The Labute approximate surface area is 121 Å². The largest absolute Gasteiger partial charge is 0.497 e. The van der Waals surface area contributed by atoms with E-state index < -0.39 is 42.9 Å². The molecule has 0 saturated carbocycles. The zero-order chi connectivity index (χ0) is 15.6. The lowest BCUT2D eigenvalue weighted by Crippen LogP contribution is -2.60. The molecule has 3 unspecified atom stereocenters. The fourth-order valence-electron chi connectivity index (χ4n) is 2.24. The van der Waals surface area contributed by atoms with Crippen molar-refractivity contribution in [1.82, 2.24) is 0 Å². The molecule has 5 atom stereocenters. The van der Waals surface area contributed by atoms with Crippen molar-refractivity contribution in [2.75, 3.05) is 13.7 Å². The number of hydrogen-bond donors (Lipinski definition) is 4. The number of carbonyl (C=O) groups excluding carboxylic acids is 1. The number of rotatable bonds is 4. The summed E-state index contributed by atoms with van der Waals surface area (Å²) in [7, 11) is 1.49. The number of Topliss-reactive ketones (excluding diaryl/α,β-unsaturated/α-hetero) is 1. The van der Waals surface area contributed by atoms with Crippen molar-refractivity contribution in [3.05, 3.63) is 29.8 Å². The summed E-state index contributed by atoms with van der Waals surface area (Å²) in [5.41, 5.74) is 0.264.